The van der Waals surface area contributed by atoms with Crippen LogP contribution in [0.1, 0.15) is 66.5 Å². The van der Waals surface area contributed by atoms with Crippen LogP contribution in [0.4, 0.5) is 5.69 Å². The molecule has 3 aromatic heterocycles. The van der Waals surface area contributed by atoms with Gasteiger partial charge in [0.25, 0.3) is 5.91 Å². The lowest BCUT2D eigenvalue weighted by Crippen LogP contribution is -2.47. The molecule has 7 nitrogen and oxygen atoms in total. The lowest BCUT2D eigenvalue weighted by molar-refractivity contribution is 0.0944. The summed E-state index contributed by atoms with van der Waals surface area (Å²) < 4.78 is 4.95. The van der Waals surface area contributed by atoms with Gasteiger partial charge in [0.1, 0.15) is 6.26 Å². The molecule has 1 amide bonds. The molecule has 0 saturated carbocycles. The lowest BCUT2D eigenvalue weighted by Gasteiger charge is -2.37. The van der Waals surface area contributed by atoms with Crippen LogP contribution in [-0.2, 0) is 0 Å². The summed E-state index contributed by atoms with van der Waals surface area (Å²) in [6, 6.07) is 11.3. The topological polar surface area (TPSA) is 87.0 Å². The van der Waals surface area contributed by atoms with Crippen LogP contribution in [-0.4, -0.2) is 40.0 Å². The number of aryl methyl sites for hydroxylation is 2. The number of oxazole rings is 1. The number of nitrogens with zero attached hydrogens (tertiary/aromatic N) is 3. The molecule has 1 fully saturated rings. The van der Waals surface area contributed by atoms with Gasteiger partial charge in [0.15, 0.2) is 12.1 Å². The molecule has 35 heavy (non-hydrogen) atoms. The maximum Gasteiger partial charge on any atom is 0.273 e. The number of carbonyl (C=O) groups excluding carboxylic acids is 1. The molecule has 1 unspecified atom stereocenters. The number of hydrogen-bond donors (Lipinski definition) is 2. The maximum atomic E-state index is 12.4. The molecule has 182 valence electrons. The smallest absolute Gasteiger partial charge is 0.273 e. The van der Waals surface area contributed by atoms with E-state index < -0.39 is 0 Å². The van der Waals surface area contributed by atoms with E-state index >= 15 is 0 Å². The summed E-state index contributed by atoms with van der Waals surface area (Å²) in [5.74, 6) is 0.168. The zero-order chi connectivity index (χ0) is 24.5. The van der Waals surface area contributed by atoms with Crippen molar-refractivity contribution in [2.24, 2.45) is 0 Å². The van der Waals surface area contributed by atoms with Gasteiger partial charge in [-0.05, 0) is 74.9 Å². The Kier molecular flexibility index (Phi) is 6.32. The monoisotopic (exact) mass is 471 g/mol. The van der Waals surface area contributed by atoms with Crippen LogP contribution in [0.2, 0.25) is 0 Å². The summed E-state index contributed by atoms with van der Waals surface area (Å²) in [4.78, 5) is 27.1. The van der Waals surface area contributed by atoms with E-state index in [0.29, 0.717) is 18.2 Å². The zero-order valence-corrected chi connectivity index (χ0v) is 20.9. The Morgan fingerprint density at radius 2 is 2.00 bits per heavy atom. The Bertz CT molecular complexity index is 1320. The van der Waals surface area contributed by atoms with Crippen molar-refractivity contribution in [2.75, 3.05) is 18.0 Å². The SMILES string of the molecule is Cc1cc(-c2[nH]c3ccc(N4CCCCC4CNC(=O)c4cocn4)cc3c2C(C)C)cc(C)n1. The van der Waals surface area contributed by atoms with Crippen molar-refractivity contribution in [3.05, 3.63) is 65.6 Å². The minimum Gasteiger partial charge on any atom is -0.451 e. The number of pyridine rings is 1. The highest BCUT2D eigenvalue weighted by Gasteiger charge is 2.25. The van der Waals surface area contributed by atoms with Crippen LogP contribution in [0.25, 0.3) is 22.2 Å². The summed E-state index contributed by atoms with van der Waals surface area (Å²) in [5.41, 5.74) is 8.41. The highest BCUT2D eigenvalue weighted by Crippen LogP contribution is 2.38. The predicted octanol–water partition coefficient (Wildman–Crippen LogP) is 5.75. The fraction of sp³-hybridized carbons (Fsp3) is 0.393. The quantitative estimate of drug-likeness (QED) is 0.374. The van der Waals surface area contributed by atoms with Crippen molar-refractivity contribution in [3.63, 3.8) is 0 Å². The molecular weight excluding hydrogens is 438 g/mol. The third kappa shape index (κ3) is 4.67. The first-order valence-electron chi connectivity index (χ1n) is 12.4. The Hall–Kier alpha value is -3.61. The zero-order valence-electron chi connectivity index (χ0n) is 20.9. The van der Waals surface area contributed by atoms with Gasteiger partial charge in [0.2, 0.25) is 0 Å². The van der Waals surface area contributed by atoms with E-state index in [-0.39, 0.29) is 11.9 Å². The second-order valence-corrected chi connectivity index (χ2v) is 9.86. The van der Waals surface area contributed by atoms with Gasteiger partial charge in [-0.15, -0.1) is 0 Å². The number of H-pyrrole nitrogens is 1. The van der Waals surface area contributed by atoms with Gasteiger partial charge < -0.3 is 19.6 Å². The van der Waals surface area contributed by atoms with Crippen molar-refractivity contribution < 1.29 is 9.21 Å². The third-order valence-corrected chi connectivity index (χ3v) is 6.89. The first-order chi connectivity index (χ1) is 16.9. The predicted molar refractivity (Wildman–Crippen MR) is 139 cm³/mol. The highest BCUT2D eigenvalue weighted by atomic mass is 16.3. The Balaban J connectivity index is 1.47. The van der Waals surface area contributed by atoms with Crippen LogP contribution in [0.3, 0.4) is 0 Å². The number of benzene rings is 1. The molecule has 0 aliphatic carbocycles. The molecule has 1 aliphatic heterocycles. The van der Waals surface area contributed by atoms with Crippen molar-refractivity contribution in [2.45, 2.75) is 58.9 Å². The van der Waals surface area contributed by atoms with E-state index in [1.807, 2.05) is 13.8 Å². The van der Waals surface area contributed by atoms with E-state index in [1.54, 1.807) is 0 Å². The van der Waals surface area contributed by atoms with E-state index in [2.05, 4.69) is 69.3 Å². The number of rotatable bonds is 6. The minimum atomic E-state index is -0.194. The molecule has 0 radical (unpaired) electrons. The molecule has 1 aliphatic rings. The second-order valence-electron chi connectivity index (χ2n) is 9.86. The number of aromatic nitrogens is 3. The molecule has 4 aromatic rings. The summed E-state index contributed by atoms with van der Waals surface area (Å²) in [5, 5.41) is 4.30. The maximum absolute atomic E-state index is 12.4. The number of nitrogens with one attached hydrogen (secondary N) is 2. The fourth-order valence-corrected chi connectivity index (χ4v) is 5.36. The number of anilines is 1. The van der Waals surface area contributed by atoms with Crippen LogP contribution in [0.5, 0.6) is 0 Å². The van der Waals surface area contributed by atoms with Crippen LogP contribution >= 0.6 is 0 Å². The van der Waals surface area contributed by atoms with Crippen molar-refractivity contribution in [3.8, 4) is 11.3 Å². The van der Waals surface area contributed by atoms with E-state index in [0.717, 1.165) is 42.7 Å². The van der Waals surface area contributed by atoms with Crippen LogP contribution < -0.4 is 10.2 Å². The molecule has 0 bridgehead atoms. The van der Waals surface area contributed by atoms with Crippen LogP contribution in [0.15, 0.2) is 47.4 Å². The van der Waals surface area contributed by atoms with Gasteiger partial charge in [0.05, 0.1) is 5.69 Å². The number of aromatic amines is 1. The summed E-state index contributed by atoms with van der Waals surface area (Å²) >= 11 is 0. The van der Waals surface area contributed by atoms with Gasteiger partial charge in [-0.2, -0.15) is 0 Å². The number of piperidine rings is 1. The Morgan fingerprint density at radius 3 is 2.71 bits per heavy atom. The van der Waals surface area contributed by atoms with Crippen molar-refractivity contribution in [1.29, 1.82) is 0 Å². The molecule has 1 saturated heterocycles. The second kappa shape index (κ2) is 9.56. The van der Waals surface area contributed by atoms with E-state index in [9.17, 15) is 4.79 Å². The molecule has 4 heterocycles. The molecule has 1 atom stereocenters. The highest BCUT2D eigenvalue weighted by molar-refractivity contribution is 5.94. The van der Waals surface area contributed by atoms with Gasteiger partial charge in [0, 0.05) is 52.7 Å². The normalized spacial score (nSPS) is 16.3. The van der Waals surface area contributed by atoms with Gasteiger partial charge >= 0.3 is 0 Å². The third-order valence-electron chi connectivity index (χ3n) is 6.89. The number of amides is 1. The first-order valence-corrected chi connectivity index (χ1v) is 12.4. The average Bonchev–Trinajstić information content (AvgIpc) is 3.50. The largest absolute Gasteiger partial charge is 0.451 e. The Morgan fingerprint density at radius 1 is 1.20 bits per heavy atom. The van der Waals surface area contributed by atoms with Gasteiger partial charge in [-0.3, -0.25) is 9.78 Å². The van der Waals surface area contributed by atoms with Crippen LogP contribution in [0, 0.1) is 13.8 Å². The lowest BCUT2D eigenvalue weighted by atomic mass is 9.95. The van der Waals surface area contributed by atoms with Gasteiger partial charge in [-0.25, -0.2) is 4.98 Å². The number of hydrogen-bond acceptors (Lipinski definition) is 5. The molecular formula is C28H33N5O2. The summed E-state index contributed by atoms with van der Waals surface area (Å²) in [6.45, 7) is 10.2. The average molecular weight is 472 g/mol. The number of carbonyl (C=O) groups is 1. The molecule has 0 spiro atoms. The van der Waals surface area contributed by atoms with Gasteiger partial charge in [-0.1, -0.05) is 13.8 Å². The molecule has 2 N–H and O–H groups in total. The first kappa shape index (κ1) is 23.1. The van der Waals surface area contributed by atoms with E-state index in [4.69, 9.17) is 4.42 Å². The standard InChI is InChI=1S/C28H33N5O2/c1-17(2)26-23-13-21(8-9-24(23)32-27(26)20-11-18(3)31-19(4)12-20)33-10-6-5-7-22(33)14-29-28(34)25-15-35-16-30-25/h8-9,11-13,15-17,22,32H,5-7,10,14H2,1-4H3,(H,29,34). The van der Waals surface area contributed by atoms with Crippen molar-refractivity contribution in [1.82, 2.24) is 20.3 Å². The molecule has 7 heteroatoms. The Labute approximate surface area is 206 Å². The minimum absolute atomic E-state index is 0.194. The molecule has 1 aromatic carbocycles. The number of fused-ring (bicyclic) bond motifs is 1. The summed E-state index contributed by atoms with van der Waals surface area (Å²) in [6.07, 6.45) is 6.02. The molecule has 5 rings (SSSR count). The summed E-state index contributed by atoms with van der Waals surface area (Å²) in [7, 11) is 0. The van der Waals surface area contributed by atoms with E-state index in [1.165, 1.54) is 40.6 Å². The van der Waals surface area contributed by atoms with Crippen molar-refractivity contribution >= 4 is 22.5 Å². The fourth-order valence-electron chi connectivity index (χ4n) is 5.36.